The summed E-state index contributed by atoms with van der Waals surface area (Å²) in [7, 11) is 0. The minimum atomic E-state index is -0.909. The molecule has 1 aliphatic carbocycles. The molecule has 0 spiro atoms. The number of aromatic carboxylic acids is 1. The van der Waals surface area contributed by atoms with E-state index in [0.29, 0.717) is 25.1 Å². The van der Waals surface area contributed by atoms with E-state index in [1.54, 1.807) is 24.5 Å². The number of carboxylic acids is 1. The third kappa shape index (κ3) is 4.29. The van der Waals surface area contributed by atoms with Crippen LogP contribution in [0.2, 0.25) is 0 Å². The van der Waals surface area contributed by atoms with Gasteiger partial charge in [0, 0.05) is 37.3 Å². The predicted molar refractivity (Wildman–Crippen MR) is 125 cm³/mol. The summed E-state index contributed by atoms with van der Waals surface area (Å²) >= 11 is 0. The van der Waals surface area contributed by atoms with Crippen LogP contribution in [0.15, 0.2) is 66.6 Å². The minimum absolute atomic E-state index is 0.135. The van der Waals surface area contributed by atoms with Crippen molar-refractivity contribution in [2.24, 2.45) is 0 Å². The molecule has 6 heteroatoms. The van der Waals surface area contributed by atoms with Gasteiger partial charge in [-0.15, -0.1) is 0 Å². The number of aromatic nitrogens is 2. The number of aryl methyl sites for hydroxylation is 2. The summed E-state index contributed by atoms with van der Waals surface area (Å²) in [5.41, 5.74) is 7.99. The molecule has 33 heavy (non-hydrogen) atoms. The standard InChI is InChI=1S/C27H25N3O3/c31-24(16-18-7-12-28-13-8-18)30-14-9-19(10-15-30)25-23-6-5-22(27(32)33)17-21(23)4-3-20-2-1-11-29-26(20)25/h1-2,5-8,11-13,17H,3-4,9-10,14-16H2,(H,32,33). The van der Waals surface area contributed by atoms with Gasteiger partial charge < -0.3 is 10.0 Å². The number of carbonyl (C=O) groups is 2. The summed E-state index contributed by atoms with van der Waals surface area (Å²) in [5.74, 6) is -0.774. The lowest BCUT2D eigenvalue weighted by molar-refractivity contribution is -0.130. The average Bonchev–Trinajstić information content (AvgIpc) is 3.01. The third-order valence-corrected chi connectivity index (χ3v) is 6.59. The summed E-state index contributed by atoms with van der Waals surface area (Å²) < 4.78 is 0. The van der Waals surface area contributed by atoms with Crippen LogP contribution in [0.1, 0.15) is 51.1 Å². The van der Waals surface area contributed by atoms with Gasteiger partial charge in [0.2, 0.25) is 5.91 Å². The van der Waals surface area contributed by atoms with Crippen LogP contribution in [0, 0.1) is 0 Å². The van der Waals surface area contributed by atoms with Crippen molar-refractivity contribution in [1.29, 1.82) is 0 Å². The van der Waals surface area contributed by atoms with Crippen molar-refractivity contribution in [3.63, 3.8) is 0 Å². The van der Waals surface area contributed by atoms with E-state index in [4.69, 9.17) is 4.98 Å². The molecule has 1 fully saturated rings. The van der Waals surface area contributed by atoms with E-state index in [-0.39, 0.29) is 5.91 Å². The highest BCUT2D eigenvalue weighted by molar-refractivity contribution is 5.91. The molecular weight excluding hydrogens is 414 g/mol. The van der Waals surface area contributed by atoms with Crippen molar-refractivity contribution in [3.05, 3.63) is 100 Å². The summed E-state index contributed by atoms with van der Waals surface area (Å²) in [4.78, 5) is 35.1. The zero-order chi connectivity index (χ0) is 22.8. The topological polar surface area (TPSA) is 83.4 Å². The Labute approximate surface area is 192 Å². The lowest BCUT2D eigenvalue weighted by Gasteiger charge is -2.30. The van der Waals surface area contributed by atoms with Crippen molar-refractivity contribution in [3.8, 4) is 0 Å². The first-order chi connectivity index (χ1) is 16.1. The van der Waals surface area contributed by atoms with Crippen LogP contribution in [-0.2, 0) is 24.1 Å². The minimum Gasteiger partial charge on any atom is -0.478 e. The Morgan fingerprint density at radius 2 is 1.67 bits per heavy atom. The zero-order valence-electron chi connectivity index (χ0n) is 18.3. The number of carbonyl (C=O) groups excluding carboxylic acids is 1. The van der Waals surface area contributed by atoms with Crippen molar-refractivity contribution in [1.82, 2.24) is 14.9 Å². The molecule has 1 amide bonds. The molecule has 3 aromatic rings. The first-order valence-corrected chi connectivity index (χ1v) is 11.3. The molecule has 0 unspecified atom stereocenters. The highest BCUT2D eigenvalue weighted by Crippen LogP contribution is 2.38. The maximum Gasteiger partial charge on any atom is 0.335 e. The van der Waals surface area contributed by atoms with Crippen LogP contribution in [0.5, 0.6) is 0 Å². The predicted octanol–water partition coefficient (Wildman–Crippen LogP) is 3.94. The molecular formula is C27H25N3O3. The van der Waals surface area contributed by atoms with Crippen LogP contribution in [0.25, 0.3) is 5.57 Å². The summed E-state index contributed by atoms with van der Waals surface area (Å²) in [6.45, 7) is 1.35. The fourth-order valence-electron chi connectivity index (χ4n) is 4.86. The second-order valence-corrected chi connectivity index (χ2v) is 8.58. The van der Waals surface area contributed by atoms with Gasteiger partial charge in [-0.2, -0.15) is 0 Å². The zero-order valence-corrected chi connectivity index (χ0v) is 18.3. The smallest absolute Gasteiger partial charge is 0.335 e. The van der Waals surface area contributed by atoms with E-state index in [1.165, 1.54) is 11.1 Å². The lowest BCUT2D eigenvalue weighted by atomic mass is 9.88. The van der Waals surface area contributed by atoms with Crippen LogP contribution in [0.4, 0.5) is 0 Å². The van der Waals surface area contributed by atoms with Crippen LogP contribution in [0.3, 0.4) is 0 Å². The average molecular weight is 440 g/mol. The molecule has 1 saturated heterocycles. The van der Waals surface area contributed by atoms with Crippen LogP contribution < -0.4 is 0 Å². The third-order valence-electron chi connectivity index (χ3n) is 6.59. The molecule has 1 aromatic carbocycles. The molecule has 6 nitrogen and oxygen atoms in total. The molecule has 2 aliphatic rings. The fourth-order valence-corrected chi connectivity index (χ4v) is 4.86. The van der Waals surface area contributed by atoms with Gasteiger partial charge in [0.15, 0.2) is 0 Å². The highest BCUT2D eigenvalue weighted by Gasteiger charge is 2.27. The van der Waals surface area contributed by atoms with Crippen LogP contribution >= 0.6 is 0 Å². The van der Waals surface area contributed by atoms with Gasteiger partial charge in [-0.05, 0) is 78.3 Å². The van der Waals surface area contributed by atoms with Gasteiger partial charge in [0.05, 0.1) is 17.7 Å². The van der Waals surface area contributed by atoms with Gasteiger partial charge in [-0.1, -0.05) is 17.7 Å². The maximum atomic E-state index is 12.8. The number of hydrogen-bond donors (Lipinski definition) is 1. The Balaban J connectivity index is 1.46. The summed E-state index contributed by atoms with van der Waals surface area (Å²) in [6, 6.07) is 13.3. The lowest BCUT2D eigenvalue weighted by Crippen LogP contribution is -2.37. The monoisotopic (exact) mass is 439 g/mol. The van der Waals surface area contributed by atoms with E-state index in [0.717, 1.165) is 53.6 Å². The number of likely N-dealkylation sites (tertiary alicyclic amines) is 1. The molecule has 0 atom stereocenters. The number of carboxylic acid groups (broad SMARTS) is 1. The fraction of sp³-hybridized carbons (Fsp3) is 0.259. The van der Waals surface area contributed by atoms with Gasteiger partial charge in [0.25, 0.3) is 0 Å². The Kier molecular flexibility index (Phi) is 5.73. The summed E-state index contributed by atoms with van der Waals surface area (Å²) in [6.07, 6.45) is 8.81. The molecule has 0 radical (unpaired) electrons. The number of rotatable bonds is 3. The van der Waals surface area contributed by atoms with Crippen molar-refractivity contribution in [2.75, 3.05) is 13.1 Å². The van der Waals surface area contributed by atoms with E-state index in [2.05, 4.69) is 11.1 Å². The molecule has 1 aliphatic heterocycles. The Morgan fingerprint density at radius 1 is 0.909 bits per heavy atom. The van der Waals surface area contributed by atoms with E-state index in [9.17, 15) is 14.7 Å². The van der Waals surface area contributed by atoms with E-state index in [1.807, 2.05) is 35.4 Å². The first-order valence-electron chi connectivity index (χ1n) is 11.3. The number of hydrogen-bond acceptors (Lipinski definition) is 4. The SMILES string of the molecule is O=C(O)c1ccc2c(c1)CCc1cccnc1C2=C1CCN(C(=O)Cc2ccncc2)CC1. The van der Waals surface area contributed by atoms with Crippen molar-refractivity contribution in [2.45, 2.75) is 32.1 Å². The number of benzene rings is 1. The molecule has 5 rings (SSSR count). The largest absolute Gasteiger partial charge is 0.478 e. The number of amides is 1. The van der Waals surface area contributed by atoms with E-state index < -0.39 is 5.97 Å². The molecule has 0 saturated carbocycles. The van der Waals surface area contributed by atoms with Gasteiger partial charge in [0.1, 0.15) is 0 Å². The summed E-state index contributed by atoms with van der Waals surface area (Å²) in [5, 5.41) is 9.47. The van der Waals surface area contributed by atoms with Gasteiger partial charge in [-0.25, -0.2) is 4.79 Å². The Morgan fingerprint density at radius 3 is 2.42 bits per heavy atom. The molecule has 3 heterocycles. The maximum absolute atomic E-state index is 12.8. The molecule has 166 valence electrons. The van der Waals surface area contributed by atoms with Crippen LogP contribution in [-0.4, -0.2) is 44.9 Å². The normalized spacial score (nSPS) is 15.5. The quantitative estimate of drug-likeness (QED) is 0.668. The number of piperidine rings is 1. The highest BCUT2D eigenvalue weighted by atomic mass is 16.4. The Hall–Kier alpha value is -3.80. The van der Waals surface area contributed by atoms with E-state index >= 15 is 0 Å². The van der Waals surface area contributed by atoms with Gasteiger partial charge >= 0.3 is 5.97 Å². The molecule has 0 bridgehead atoms. The van der Waals surface area contributed by atoms with Crippen molar-refractivity contribution >= 4 is 17.4 Å². The van der Waals surface area contributed by atoms with Crippen molar-refractivity contribution < 1.29 is 14.7 Å². The number of nitrogens with zero attached hydrogens (tertiary/aromatic N) is 3. The second kappa shape index (κ2) is 8.98. The first kappa shape index (κ1) is 21.1. The number of pyridine rings is 2. The molecule has 2 aromatic heterocycles. The second-order valence-electron chi connectivity index (χ2n) is 8.58. The van der Waals surface area contributed by atoms with Gasteiger partial charge in [-0.3, -0.25) is 14.8 Å². The Bertz CT molecular complexity index is 1240. The molecule has 1 N–H and O–H groups in total. The number of fused-ring (bicyclic) bond motifs is 2.